The summed E-state index contributed by atoms with van der Waals surface area (Å²) >= 11 is 1.89. The maximum atomic E-state index is 4.43. The van der Waals surface area contributed by atoms with Crippen LogP contribution in [0, 0.1) is 0 Å². The molecule has 1 rings (SSSR count). The van der Waals surface area contributed by atoms with Crippen LogP contribution in [-0.4, -0.2) is 17.3 Å². The first kappa shape index (κ1) is 9.85. The van der Waals surface area contributed by atoms with Gasteiger partial charge in [0.15, 0.2) is 0 Å². The van der Waals surface area contributed by atoms with Gasteiger partial charge in [-0.1, -0.05) is 25.8 Å². The van der Waals surface area contributed by atoms with Crippen molar-refractivity contribution in [2.75, 3.05) is 12.3 Å². The minimum Gasteiger partial charge on any atom is -0.277 e. The van der Waals surface area contributed by atoms with Gasteiger partial charge in [0.2, 0.25) is 0 Å². The summed E-state index contributed by atoms with van der Waals surface area (Å²) in [5.41, 5.74) is 1.38. The predicted molar refractivity (Wildman–Crippen MR) is 58.0 cm³/mol. The van der Waals surface area contributed by atoms with Gasteiger partial charge in [0.25, 0.3) is 0 Å². The number of aliphatic imine (C=N–C) groups is 1. The fourth-order valence-corrected chi connectivity index (χ4v) is 2.05. The van der Waals surface area contributed by atoms with E-state index in [1.54, 1.807) is 0 Å². The van der Waals surface area contributed by atoms with Crippen LogP contribution in [0.15, 0.2) is 16.6 Å². The first-order chi connectivity index (χ1) is 5.84. The monoisotopic (exact) mass is 183 g/mol. The second-order valence-corrected chi connectivity index (χ2v) is 4.15. The third kappa shape index (κ3) is 3.02. The Morgan fingerprint density at radius 2 is 2.50 bits per heavy atom. The molecule has 1 heterocycles. The quantitative estimate of drug-likeness (QED) is 0.609. The third-order valence-corrected chi connectivity index (χ3v) is 3.04. The van der Waals surface area contributed by atoms with Crippen molar-refractivity contribution in [2.24, 2.45) is 4.99 Å². The average Bonchev–Trinajstić information content (AvgIpc) is 2.56. The molecule has 0 aromatic rings. The third-order valence-electron chi connectivity index (χ3n) is 1.93. The van der Waals surface area contributed by atoms with E-state index in [0.29, 0.717) is 0 Å². The van der Waals surface area contributed by atoms with E-state index >= 15 is 0 Å². The van der Waals surface area contributed by atoms with Crippen LogP contribution < -0.4 is 0 Å². The fourth-order valence-electron chi connectivity index (χ4n) is 1.18. The Labute approximate surface area is 79.3 Å². The molecule has 0 bridgehead atoms. The maximum absolute atomic E-state index is 4.43. The first-order valence-electron chi connectivity index (χ1n) is 4.69. The van der Waals surface area contributed by atoms with Crippen molar-refractivity contribution < 1.29 is 0 Å². The highest BCUT2D eigenvalue weighted by atomic mass is 32.2. The zero-order valence-electron chi connectivity index (χ0n) is 7.97. The molecule has 1 nitrogen and oxygen atoms in total. The SMILES string of the molecule is CCCCC=C(C)C1=NCCS1. The molecule has 12 heavy (non-hydrogen) atoms. The Morgan fingerprint density at radius 3 is 3.08 bits per heavy atom. The molecule has 0 fully saturated rings. The molecule has 1 aliphatic rings. The van der Waals surface area contributed by atoms with Crippen molar-refractivity contribution in [1.29, 1.82) is 0 Å². The summed E-state index contributed by atoms with van der Waals surface area (Å²) in [6, 6.07) is 0. The zero-order chi connectivity index (χ0) is 8.81. The molecule has 0 saturated carbocycles. The van der Waals surface area contributed by atoms with Crippen molar-refractivity contribution in [3.8, 4) is 0 Å². The first-order valence-corrected chi connectivity index (χ1v) is 5.67. The number of allylic oxidation sites excluding steroid dienone is 1. The lowest BCUT2D eigenvalue weighted by Gasteiger charge is -1.98. The Hall–Kier alpha value is -0.240. The molecule has 0 aromatic heterocycles. The number of thioether (sulfide) groups is 1. The van der Waals surface area contributed by atoms with Gasteiger partial charge in [-0.3, -0.25) is 4.99 Å². The normalized spacial score (nSPS) is 18.2. The molecule has 0 atom stereocenters. The summed E-state index contributed by atoms with van der Waals surface area (Å²) in [6.07, 6.45) is 6.11. The van der Waals surface area contributed by atoms with Crippen LogP contribution in [0.3, 0.4) is 0 Å². The van der Waals surface area contributed by atoms with E-state index in [4.69, 9.17) is 0 Å². The zero-order valence-corrected chi connectivity index (χ0v) is 8.78. The van der Waals surface area contributed by atoms with Crippen LogP contribution in [0.25, 0.3) is 0 Å². The van der Waals surface area contributed by atoms with E-state index < -0.39 is 0 Å². The largest absolute Gasteiger partial charge is 0.277 e. The van der Waals surface area contributed by atoms with Crippen molar-refractivity contribution in [2.45, 2.75) is 33.1 Å². The van der Waals surface area contributed by atoms with Gasteiger partial charge >= 0.3 is 0 Å². The van der Waals surface area contributed by atoms with E-state index in [1.807, 2.05) is 11.8 Å². The lowest BCUT2D eigenvalue weighted by atomic mass is 10.2. The molecule has 0 radical (unpaired) electrons. The van der Waals surface area contributed by atoms with E-state index in [-0.39, 0.29) is 0 Å². The van der Waals surface area contributed by atoms with Gasteiger partial charge in [-0.2, -0.15) is 0 Å². The molecule has 0 unspecified atom stereocenters. The standard InChI is InChI=1S/C10H17NS/c1-3-4-5-6-9(2)10-11-7-8-12-10/h6H,3-5,7-8H2,1-2H3. The van der Waals surface area contributed by atoms with Crippen molar-refractivity contribution in [3.05, 3.63) is 11.6 Å². The minimum absolute atomic E-state index is 1.01. The van der Waals surface area contributed by atoms with Gasteiger partial charge in [0.1, 0.15) is 0 Å². The molecular weight excluding hydrogens is 166 g/mol. The molecule has 1 aliphatic heterocycles. The highest BCUT2D eigenvalue weighted by Gasteiger charge is 2.07. The smallest absolute Gasteiger partial charge is 0.0931 e. The lowest BCUT2D eigenvalue weighted by Crippen LogP contribution is -1.89. The maximum Gasteiger partial charge on any atom is 0.0931 e. The Morgan fingerprint density at radius 1 is 1.67 bits per heavy atom. The summed E-state index contributed by atoms with van der Waals surface area (Å²) in [7, 11) is 0. The summed E-state index contributed by atoms with van der Waals surface area (Å²) in [5, 5.41) is 1.27. The molecule has 0 amide bonds. The molecule has 0 N–H and O–H groups in total. The fraction of sp³-hybridized carbons (Fsp3) is 0.700. The second-order valence-electron chi connectivity index (χ2n) is 3.06. The molecule has 0 spiro atoms. The number of hydrogen-bond acceptors (Lipinski definition) is 2. The molecule has 0 saturated heterocycles. The molecule has 68 valence electrons. The van der Waals surface area contributed by atoms with E-state index in [2.05, 4.69) is 24.9 Å². The minimum atomic E-state index is 1.01. The Kier molecular flexibility index (Phi) is 4.44. The van der Waals surface area contributed by atoms with Crippen LogP contribution in [-0.2, 0) is 0 Å². The van der Waals surface area contributed by atoms with Crippen LogP contribution in [0.5, 0.6) is 0 Å². The van der Waals surface area contributed by atoms with E-state index in [9.17, 15) is 0 Å². The second kappa shape index (κ2) is 5.41. The van der Waals surface area contributed by atoms with Crippen LogP contribution >= 0.6 is 11.8 Å². The van der Waals surface area contributed by atoms with Crippen LogP contribution in [0.2, 0.25) is 0 Å². The van der Waals surface area contributed by atoms with Crippen LogP contribution in [0.4, 0.5) is 0 Å². The molecule has 2 heteroatoms. The average molecular weight is 183 g/mol. The van der Waals surface area contributed by atoms with Crippen LogP contribution in [0.1, 0.15) is 33.1 Å². The number of unbranched alkanes of at least 4 members (excludes halogenated alkanes) is 2. The lowest BCUT2D eigenvalue weighted by molar-refractivity contribution is 0.813. The van der Waals surface area contributed by atoms with Crippen molar-refractivity contribution >= 4 is 16.8 Å². The number of nitrogens with zero attached hydrogens (tertiary/aromatic N) is 1. The highest BCUT2D eigenvalue weighted by molar-refractivity contribution is 8.14. The number of hydrogen-bond donors (Lipinski definition) is 0. The summed E-state index contributed by atoms with van der Waals surface area (Å²) in [5.74, 6) is 1.17. The predicted octanol–water partition coefficient (Wildman–Crippen LogP) is 3.27. The van der Waals surface area contributed by atoms with Crippen molar-refractivity contribution in [1.82, 2.24) is 0 Å². The van der Waals surface area contributed by atoms with E-state index in [1.165, 1.54) is 35.6 Å². The van der Waals surface area contributed by atoms with Gasteiger partial charge in [0, 0.05) is 12.3 Å². The molecule has 0 aliphatic carbocycles. The van der Waals surface area contributed by atoms with Gasteiger partial charge in [-0.05, 0) is 18.9 Å². The molecule has 0 aromatic carbocycles. The van der Waals surface area contributed by atoms with Gasteiger partial charge in [-0.25, -0.2) is 0 Å². The summed E-state index contributed by atoms with van der Waals surface area (Å²) < 4.78 is 0. The number of rotatable bonds is 4. The summed E-state index contributed by atoms with van der Waals surface area (Å²) in [4.78, 5) is 4.43. The highest BCUT2D eigenvalue weighted by Crippen LogP contribution is 2.18. The Bertz CT molecular complexity index is 194. The Balaban J connectivity index is 2.34. The van der Waals surface area contributed by atoms with Gasteiger partial charge < -0.3 is 0 Å². The summed E-state index contributed by atoms with van der Waals surface area (Å²) in [6.45, 7) is 5.41. The van der Waals surface area contributed by atoms with E-state index in [0.717, 1.165) is 6.54 Å². The molecular formula is C10H17NS. The van der Waals surface area contributed by atoms with Gasteiger partial charge in [0.05, 0.1) is 5.04 Å². The van der Waals surface area contributed by atoms with Crippen molar-refractivity contribution in [3.63, 3.8) is 0 Å². The van der Waals surface area contributed by atoms with Gasteiger partial charge in [-0.15, -0.1) is 11.8 Å². The topological polar surface area (TPSA) is 12.4 Å².